The number of nitrogens with zero attached hydrogens (tertiary/aromatic N) is 3. The zero-order chi connectivity index (χ0) is 20.7. The Labute approximate surface area is 171 Å². The number of hydrogen-bond donors (Lipinski definition) is 1. The van der Waals surface area contributed by atoms with Crippen LogP contribution in [0.4, 0.5) is 11.6 Å². The highest BCUT2D eigenvalue weighted by Gasteiger charge is 2.24. The van der Waals surface area contributed by atoms with Gasteiger partial charge in [-0.1, -0.05) is 46.8 Å². The lowest BCUT2D eigenvalue weighted by Gasteiger charge is -2.29. The van der Waals surface area contributed by atoms with Gasteiger partial charge in [-0.2, -0.15) is 0 Å². The number of nitrogens with one attached hydrogen (secondary N) is 1. The molecule has 0 aliphatic carbocycles. The molecule has 0 spiro atoms. The minimum atomic E-state index is 0.0881. The molecule has 0 bridgehead atoms. The lowest BCUT2D eigenvalue weighted by Crippen LogP contribution is -2.26. The molecule has 1 unspecified atom stereocenters. The molecule has 0 saturated carbocycles. The monoisotopic (exact) mass is 382 g/mol. The van der Waals surface area contributed by atoms with E-state index in [1.165, 1.54) is 11.1 Å². The summed E-state index contributed by atoms with van der Waals surface area (Å²) in [6.07, 6.45) is 5.13. The second kappa shape index (κ2) is 9.90. The minimum Gasteiger partial charge on any atom is -0.370 e. The molecule has 154 valence electrons. The van der Waals surface area contributed by atoms with Crippen molar-refractivity contribution in [2.24, 2.45) is 5.92 Å². The molecule has 4 heteroatoms. The van der Waals surface area contributed by atoms with Crippen LogP contribution in [-0.2, 0) is 5.41 Å². The Hall–Kier alpha value is -2.10. The van der Waals surface area contributed by atoms with Gasteiger partial charge in [-0.25, -0.2) is 9.97 Å². The van der Waals surface area contributed by atoms with E-state index in [2.05, 4.69) is 94.1 Å². The third-order valence-corrected chi connectivity index (χ3v) is 5.56. The van der Waals surface area contributed by atoms with Crippen LogP contribution in [0.1, 0.15) is 71.9 Å². The summed E-state index contributed by atoms with van der Waals surface area (Å²) in [5.74, 6) is 3.07. The van der Waals surface area contributed by atoms with Gasteiger partial charge in [-0.3, -0.25) is 0 Å². The van der Waals surface area contributed by atoms with Gasteiger partial charge in [0.25, 0.3) is 0 Å². The third-order valence-electron chi connectivity index (χ3n) is 5.56. The summed E-state index contributed by atoms with van der Waals surface area (Å²) in [6, 6.07) is 8.65. The van der Waals surface area contributed by atoms with Crippen LogP contribution < -0.4 is 10.2 Å². The van der Waals surface area contributed by atoms with Crippen LogP contribution in [0.3, 0.4) is 0 Å². The van der Waals surface area contributed by atoms with E-state index in [0.29, 0.717) is 11.8 Å². The zero-order valence-electron chi connectivity index (χ0n) is 18.8. The van der Waals surface area contributed by atoms with Gasteiger partial charge < -0.3 is 10.2 Å². The number of anilines is 2. The van der Waals surface area contributed by atoms with Crippen molar-refractivity contribution < 1.29 is 0 Å². The zero-order valence-corrected chi connectivity index (χ0v) is 18.8. The molecule has 2 aromatic rings. The highest BCUT2D eigenvalue weighted by molar-refractivity contribution is 5.40. The average molecular weight is 383 g/mol. The van der Waals surface area contributed by atoms with Crippen molar-refractivity contribution in [2.45, 2.75) is 66.2 Å². The summed E-state index contributed by atoms with van der Waals surface area (Å²) in [5.41, 5.74) is 2.67. The molecule has 4 nitrogen and oxygen atoms in total. The van der Waals surface area contributed by atoms with Gasteiger partial charge in [0.2, 0.25) is 0 Å². The average Bonchev–Trinajstić information content (AvgIpc) is 2.68. The van der Waals surface area contributed by atoms with E-state index < -0.39 is 0 Å². The van der Waals surface area contributed by atoms with Gasteiger partial charge in [0.05, 0.1) is 0 Å². The molecule has 0 radical (unpaired) electrons. The molecule has 2 heterocycles. The molecular weight excluding hydrogens is 344 g/mol. The first-order chi connectivity index (χ1) is 13.3. The maximum absolute atomic E-state index is 4.71. The van der Waals surface area contributed by atoms with Crippen molar-refractivity contribution in [3.8, 4) is 0 Å². The van der Waals surface area contributed by atoms with Gasteiger partial charge >= 0.3 is 0 Å². The van der Waals surface area contributed by atoms with Crippen LogP contribution in [0, 0.1) is 5.92 Å². The summed E-state index contributed by atoms with van der Waals surface area (Å²) in [6.45, 7) is 18.5. The summed E-state index contributed by atoms with van der Waals surface area (Å²) in [5, 5.41) is 3.49. The van der Waals surface area contributed by atoms with E-state index in [1.807, 2.05) is 6.20 Å². The third kappa shape index (κ3) is 5.95. The molecule has 0 aromatic carbocycles. The molecule has 1 N–H and O–H groups in total. The normalized spacial score (nSPS) is 12.9. The molecule has 0 saturated heterocycles. The highest BCUT2D eigenvalue weighted by atomic mass is 15.2. The van der Waals surface area contributed by atoms with Crippen LogP contribution in [-0.4, -0.2) is 29.6 Å². The van der Waals surface area contributed by atoms with Crippen LogP contribution in [0.5, 0.6) is 0 Å². The fourth-order valence-electron chi connectivity index (χ4n) is 3.71. The van der Waals surface area contributed by atoms with E-state index >= 15 is 0 Å². The molecule has 0 aliphatic rings. The first-order valence-corrected chi connectivity index (χ1v) is 10.7. The SMILES string of the molecule is CCN(CC)c1ccc(C(C)(C)CC(C)CNc2ccc(C(C)C)cn2)cn1. The molecule has 2 aromatic heterocycles. The maximum Gasteiger partial charge on any atom is 0.128 e. The minimum absolute atomic E-state index is 0.0881. The predicted molar refractivity (Wildman–Crippen MR) is 121 cm³/mol. The predicted octanol–water partition coefficient (Wildman–Crippen LogP) is 5.86. The van der Waals surface area contributed by atoms with Crippen LogP contribution in [0.2, 0.25) is 0 Å². The Balaban J connectivity index is 1.93. The van der Waals surface area contributed by atoms with E-state index in [-0.39, 0.29) is 5.41 Å². The number of hydrogen-bond acceptors (Lipinski definition) is 4. The van der Waals surface area contributed by atoms with Gasteiger partial charge in [0.1, 0.15) is 11.6 Å². The molecular formula is C24H38N4. The summed E-state index contributed by atoms with van der Waals surface area (Å²) >= 11 is 0. The quantitative estimate of drug-likeness (QED) is 0.558. The van der Waals surface area contributed by atoms with Crippen molar-refractivity contribution >= 4 is 11.6 Å². The maximum atomic E-state index is 4.71. The summed E-state index contributed by atoms with van der Waals surface area (Å²) in [7, 11) is 0. The molecule has 2 rings (SSSR count). The second-order valence-electron chi connectivity index (χ2n) is 8.78. The fraction of sp³-hybridized carbons (Fsp3) is 0.583. The highest BCUT2D eigenvalue weighted by Crippen LogP contribution is 2.31. The smallest absolute Gasteiger partial charge is 0.128 e. The van der Waals surface area contributed by atoms with E-state index in [1.54, 1.807) is 0 Å². The number of aromatic nitrogens is 2. The topological polar surface area (TPSA) is 41.0 Å². The summed E-state index contributed by atoms with van der Waals surface area (Å²) < 4.78 is 0. The fourth-order valence-corrected chi connectivity index (χ4v) is 3.71. The molecule has 1 atom stereocenters. The Bertz CT molecular complexity index is 700. The van der Waals surface area contributed by atoms with E-state index in [0.717, 1.165) is 37.7 Å². The van der Waals surface area contributed by atoms with Gasteiger partial charge in [0.15, 0.2) is 0 Å². The van der Waals surface area contributed by atoms with Crippen LogP contribution in [0.15, 0.2) is 36.7 Å². The Kier molecular flexibility index (Phi) is 7.85. The van der Waals surface area contributed by atoms with Gasteiger partial charge in [-0.15, -0.1) is 0 Å². The second-order valence-corrected chi connectivity index (χ2v) is 8.78. The van der Waals surface area contributed by atoms with Crippen molar-refractivity contribution in [2.75, 3.05) is 29.9 Å². The van der Waals surface area contributed by atoms with Crippen LogP contribution in [0.25, 0.3) is 0 Å². The Morgan fingerprint density at radius 1 is 0.964 bits per heavy atom. The molecule has 0 aliphatic heterocycles. The van der Waals surface area contributed by atoms with Gasteiger partial charge in [-0.05, 0) is 60.8 Å². The molecule has 28 heavy (non-hydrogen) atoms. The standard InChI is InChI=1S/C24H38N4/c1-8-28(9-2)23-13-11-21(17-27-23)24(6,7)14-19(5)15-25-22-12-10-20(16-26-22)18(3)4/h10-13,16-19H,8-9,14-15H2,1-7H3,(H,25,26). The first-order valence-electron chi connectivity index (χ1n) is 10.7. The first kappa shape index (κ1) is 22.2. The van der Waals surface area contributed by atoms with Gasteiger partial charge in [0, 0.05) is 32.0 Å². The lowest BCUT2D eigenvalue weighted by molar-refractivity contribution is 0.390. The molecule has 0 amide bonds. The van der Waals surface area contributed by atoms with Crippen molar-refractivity contribution in [3.63, 3.8) is 0 Å². The number of pyridine rings is 2. The van der Waals surface area contributed by atoms with Crippen LogP contribution >= 0.6 is 0 Å². The largest absolute Gasteiger partial charge is 0.370 e. The molecule has 0 fully saturated rings. The summed E-state index contributed by atoms with van der Waals surface area (Å²) in [4.78, 5) is 11.5. The van der Waals surface area contributed by atoms with Crippen molar-refractivity contribution in [3.05, 3.63) is 47.8 Å². The van der Waals surface area contributed by atoms with E-state index in [4.69, 9.17) is 4.98 Å². The Morgan fingerprint density at radius 2 is 1.68 bits per heavy atom. The Morgan fingerprint density at radius 3 is 2.18 bits per heavy atom. The van der Waals surface area contributed by atoms with Crippen molar-refractivity contribution in [1.29, 1.82) is 0 Å². The van der Waals surface area contributed by atoms with E-state index in [9.17, 15) is 0 Å². The number of rotatable bonds is 10. The van der Waals surface area contributed by atoms with Crippen molar-refractivity contribution in [1.82, 2.24) is 9.97 Å². The lowest BCUT2D eigenvalue weighted by atomic mass is 9.78.